The van der Waals surface area contributed by atoms with Gasteiger partial charge in [0.1, 0.15) is 6.54 Å². The number of aliphatic carboxylic acids is 1. The van der Waals surface area contributed by atoms with Crippen molar-refractivity contribution in [1.29, 1.82) is 0 Å². The molecule has 2 amide bonds. The molecule has 0 aliphatic carbocycles. The summed E-state index contributed by atoms with van der Waals surface area (Å²) in [4.78, 5) is 32.7. The molecule has 0 atom stereocenters. The molecule has 0 spiro atoms. The van der Waals surface area contributed by atoms with E-state index in [-0.39, 0.29) is 19.0 Å². The van der Waals surface area contributed by atoms with Crippen molar-refractivity contribution in [2.75, 3.05) is 25.0 Å². The van der Waals surface area contributed by atoms with Crippen LogP contribution in [0.1, 0.15) is 0 Å². The van der Waals surface area contributed by atoms with Crippen molar-refractivity contribution in [2.45, 2.75) is 0 Å². The second-order valence-corrected chi connectivity index (χ2v) is 3.67. The number of amides is 2. The van der Waals surface area contributed by atoms with Crippen LogP contribution in [0.4, 0.5) is 5.69 Å². The van der Waals surface area contributed by atoms with E-state index in [1.54, 1.807) is 0 Å². The standard InChI is InChI=1S/C12H15N3O4/c16-10(6-13-9-4-2-1-3-5-9)14-7-11(17)15-8-12(18)19/h1-5,13H,6-8H2,(H,14,16)(H,15,17)(H,18,19). The number of hydrogen-bond acceptors (Lipinski definition) is 4. The van der Waals surface area contributed by atoms with Crippen LogP contribution in [0.3, 0.4) is 0 Å². The van der Waals surface area contributed by atoms with Gasteiger partial charge in [0.15, 0.2) is 0 Å². The molecule has 1 aromatic carbocycles. The summed E-state index contributed by atoms with van der Waals surface area (Å²) in [5, 5.41) is 15.7. The number of carboxylic acid groups (broad SMARTS) is 1. The molecule has 19 heavy (non-hydrogen) atoms. The van der Waals surface area contributed by atoms with E-state index in [1.165, 1.54) is 0 Å². The molecule has 7 heteroatoms. The van der Waals surface area contributed by atoms with E-state index in [1.807, 2.05) is 30.3 Å². The normalized spacial score (nSPS) is 9.47. The summed E-state index contributed by atoms with van der Waals surface area (Å²) in [6.45, 7) is -0.671. The van der Waals surface area contributed by atoms with Gasteiger partial charge in [0.25, 0.3) is 0 Å². The van der Waals surface area contributed by atoms with Gasteiger partial charge < -0.3 is 21.1 Å². The molecule has 0 saturated carbocycles. The van der Waals surface area contributed by atoms with Crippen LogP contribution in [0.25, 0.3) is 0 Å². The Balaban J connectivity index is 2.17. The Kier molecular flexibility index (Phi) is 5.87. The third-order valence-electron chi connectivity index (χ3n) is 2.11. The zero-order chi connectivity index (χ0) is 14.1. The Hall–Kier alpha value is -2.57. The molecule has 4 N–H and O–H groups in total. The molecule has 0 aliphatic heterocycles. The van der Waals surface area contributed by atoms with Gasteiger partial charge in [-0.25, -0.2) is 0 Å². The Labute approximate surface area is 110 Å². The molecule has 1 rings (SSSR count). The molecule has 0 bridgehead atoms. The molecule has 0 heterocycles. The summed E-state index contributed by atoms with van der Waals surface area (Å²) < 4.78 is 0. The minimum Gasteiger partial charge on any atom is -0.480 e. The van der Waals surface area contributed by atoms with Crippen molar-refractivity contribution in [3.8, 4) is 0 Å². The first-order valence-electron chi connectivity index (χ1n) is 5.62. The lowest BCUT2D eigenvalue weighted by Gasteiger charge is -2.07. The quantitative estimate of drug-likeness (QED) is 0.527. The molecule has 0 aromatic heterocycles. The van der Waals surface area contributed by atoms with Crippen LogP contribution in [0.5, 0.6) is 0 Å². The van der Waals surface area contributed by atoms with Gasteiger partial charge >= 0.3 is 5.97 Å². The summed E-state index contributed by atoms with van der Waals surface area (Å²) in [6, 6.07) is 9.15. The smallest absolute Gasteiger partial charge is 0.322 e. The molecule has 0 fully saturated rings. The average molecular weight is 265 g/mol. The lowest BCUT2D eigenvalue weighted by molar-refractivity contribution is -0.137. The van der Waals surface area contributed by atoms with Crippen LogP contribution in [0, 0.1) is 0 Å². The molecular formula is C12H15N3O4. The maximum Gasteiger partial charge on any atom is 0.322 e. The zero-order valence-electron chi connectivity index (χ0n) is 10.2. The van der Waals surface area contributed by atoms with Crippen molar-refractivity contribution in [1.82, 2.24) is 10.6 Å². The van der Waals surface area contributed by atoms with Crippen LogP contribution < -0.4 is 16.0 Å². The fraction of sp³-hybridized carbons (Fsp3) is 0.250. The van der Waals surface area contributed by atoms with Gasteiger partial charge in [0.05, 0.1) is 13.1 Å². The average Bonchev–Trinajstić information content (AvgIpc) is 2.41. The summed E-state index contributed by atoms with van der Waals surface area (Å²) in [6.07, 6.45) is 0. The minimum absolute atomic E-state index is 0.0379. The molecule has 102 valence electrons. The van der Waals surface area contributed by atoms with E-state index < -0.39 is 18.4 Å². The lowest BCUT2D eigenvalue weighted by Crippen LogP contribution is -2.40. The molecule has 0 aliphatic rings. The van der Waals surface area contributed by atoms with Gasteiger partial charge in [-0.15, -0.1) is 0 Å². The predicted molar refractivity (Wildman–Crippen MR) is 68.6 cm³/mol. The van der Waals surface area contributed by atoms with E-state index in [9.17, 15) is 14.4 Å². The highest BCUT2D eigenvalue weighted by Crippen LogP contribution is 2.03. The van der Waals surface area contributed by atoms with E-state index in [2.05, 4.69) is 16.0 Å². The number of para-hydroxylation sites is 1. The second-order valence-electron chi connectivity index (χ2n) is 3.67. The number of hydrogen-bond donors (Lipinski definition) is 4. The third kappa shape index (κ3) is 6.67. The van der Waals surface area contributed by atoms with Crippen LogP contribution >= 0.6 is 0 Å². The number of carbonyl (C=O) groups excluding carboxylic acids is 2. The second kappa shape index (κ2) is 7.70. The minimum atomic E-state index is -1.13. The van der Waals surface area contributed by atoms with Crippen molar-refractivity contribution in [2.24, 2.45) is 0 Å². The van der Waals surface area contributed by atoms with Crippen LogP contribution in [-0.2, 0) is 14.4 Å². The Bertz CT molecular complexity index is 448. The maximum absolute atomic E-state index is 11.4. The van der Waals surface area contributed by atoms with Crippen molar-refractivity contribution in [3.05, 3.63) is 30.3 Å². The molecular weight excluding hydrogens is 250 g/mol. The van der Waals surface area contributed by atoms with Crippen LogP contribution in [0.2, 0.25) is 0 Å². The molecule has 0 radical (unpaired) electrons. The van der Waals surface area contributed by atoms with Gasteiger partial charge in [-0.3, -0.25) is 14.4 Å². The highest BCUT2D eigenvalue weighted by molar-refractivity contribution is 5.88. The predicted octanol–water partition coefficient (Wildman–Crippen LogP) is -0.584. The Morgan fingerprint density at radius 1 is 0.895 bits per heavy atom. The number of anilines is 1. The first-order chi connectivity index (χ1) is 9.08. The lowest BCUT2D eigenvalue weighted by atomic mass is 10.3. The van der Waals surface area contributed by atoms with E-state index >= 15 is 0 Å². The summed E-state index contributed by atoms with van der Waals surface area (Å²) >= 11 is 0. The van der Waals surface area contributed by atoms with Gasteiger partial charge in [-0.2, -0.15) is 0 Å². The highest BCUT2D eigenvalue weighted by Gasteiger charge is 2.06. The number of rotatable bonds is 7. The first kappa shape index (κ1) is 14.5. The summed E-state index contributed by atoms with van der Waals surface area (Å²) in [7, 11) is 0. The maximum atomic E-state index is 11.4. The SMILES string of the molecule is O=C(O)CNC(=O)CNC(=O)CNc1ccccc1. The zero-order valence-corrected chi connectivity index (χ0v) is 10.2. The van der Waals surface area contributed by atoms with Crippen molar-refractivity contribution in [3.63, 3.8) is 0 Å². The summed E-state index contributed by atoms with van der Waals surface area (Å²) in [5.41, 5.74) is 0.799. The van der Waals surface area contributed by atoms with Crippen molar-refractivity contribution < 1.29 is 19.5 Å². The van der Waals surface area contributed by atoms with Crippen molar-refractivity contribution >= 4 is 23.5 Å². The first-order valence-corrected chi connectivity index (χ1v) is 5.62. The topological polar surface area (TPSA) is 108 Å². The fourth-order valence-corrected chi connectivity index (χ4v) is 1.22. The van der Waals surface area contributed by atoms with E-state index in [0.29, 0.717) is 0 Å². The van der Waals surface area contributed by atoms with Gasteiger partial charge in [0.2, 0.25) is 11.8 Å². The number of nitrogens with one attached hydrogen (secondary N) is 3. The fourth-order valence-electron chi connectivity index (χ4n) is 1.22. The van der Waals surface area contributed by atoms with Crippen LogP contribution in [0.15, 0.2) is 30.3 Å². The number of carboxylic acids is 1. The van der Waals surface area contributed by atoms with E-state index in [4.69, 9.17) is 5.11 Å². The highest BCUT2D eigenvalue weighted by atomic mass is 16.4. The molecule has 0 unspecified atom stereocenters. The van der Waals surface area contributed by atoms with E-state index in [0.717, 1.165) is 5.69 Å². The summed E-state index contributed by atoms with van der Waals surface area (Å²) in [5.74, 6) is -2.03. The number of carbonyl (C=O) groups is 3. The third-order valence-corrected chi connectivity index (χ3v) is 2.11. The van der Waals surface area contributed by atoms with Crippen LogP contribution in [-0.4, -0.2) is 42.5 Å². The molecule has 1 aromatic rings. The van der Waals surface area contributed by atoms with Gasteiger partial charge in [-0.1, -0.05) is 18.2 Å². The molecule has 0 saturated heterocycles. The largest absolute Gasteiger partial charge is 0.480 e. The van der Waals surface area contributed by atoms with Gasteiger partial charge in [-0.05, 0) is 12.1 Å². The monoisotopic (exact) mass is 265 g/mol. The Morgan fingerprint density at radius 2 is 1.47 bits per heavy atom. The Morgan fingerprint density at radius 3 is 2.11 bits per heavy atom. The van der Waals surface area contributed by atoms with Gasteiger partial charge in [0, 0.05) is 5.69 Å². The molecule has 7 nitrogen and oxygen atoms in total. The number of benzene rings is 1.